The zero-order chi connectivity index (χ0) is 12.4. The summed E-state index contributed by atoms with van der Waals surface area (Å²) in [5.74, 6) is 0. The highest BCUT2D eigenvalue weighted by Gasteiger charge is 2.58. The van der Waals surface area contributed by atoms with E-state index in [2.05, 4.69) is 46.8 Å². The quantitative estimate of drug-likeness (QED) is 0.706. The molecule has 0 saturated heterocycles. The maximum absolute atomic E-state index is 10.8. The lowest BCUT2D eigenvalue weighted by molar-refractivity contribution is -0.0729. The molecule has 0 aliphatic heterocycles. The van der Waals surface area contributed by atoms with Crippen LogP contribution in [0.15, 0.2) is 18.2 Å². The Morgan fingerprint density at radius 1 is 1.00 bits per heavy atom. The van der Waals surface area contributed by atoms with Crippen LogP contribution >= 0.6 is 0 Å². The smallest absolute Gasteiger partial charge is 0.0930 e. The molecule has 0 bridgehead atoms. The maximum Gasteiger partial charge on any atom is 0.0930 e. The summed E-state index contributed by atoms with van der Waals surface area (Å²) in [7, 11) is 0. The summed E-state index contributed by atoms with van der Waals surface area (Å²) in [4.78, 5) is 0. The van der Waals surface area contributed by atoms with Crippen LogP contribution in [0.5, 0.6) is 0 Å². The molecule has 2 rings (SSSR count). The maximum atomic E-state index is 10.8. The third kappa shape index (κ3) is 1.05. The Labute approximate surface area is 98.5 Å². The molecule has 0 aromatic heterocycles. The van der Waals surface area contributed by atoms with Crippen molar-refractivity contribution in [2.45, 2.75) is 52.6 Å². The van der Waals surface area contributed by atoms with E-state index in [1.807, 2.05) is 13.0 Å². The van der Waals surface area contributed by atoms with Gasteiger partial charge < -0.3 is 5.11 Å². The number of benzene rings is 1. The third-order valence-corrected chi connectivity index (χ3v) is 5.20. The van der Waals surface area contributed by atoms with Gasteiger partial charge in [-0.05, 0) is 36.0 Å². The van der Waals surface area contributed by atoms with Crippen LogP contribution in [-0.2, 0) is 11.0 Å². The van der Waals surface area contributed by atoms with E-state index < -0.39 is 5.60 Å². The largest absolute Gasteiger partial charge is 0.385 e. The highest BCUT2D eigenvalue weighted by Crippen LogP contribution is 2.60. The van der Waals surface area contributed by atoms with E-state index in [0.717, 1.165) is 5.56 Å². The topological polar surface area (TPSA) is 20.2 Å². The average Bonchev–Trinajstić information content (AvgIpc) is 2.25. The molecule has 0 spiro atoms. The zero-order valence-corrected chi connectivity index (χ0v) is 11.2. The first-order chi connectivity index (χ1) is 7.14. The molecule has 0 unspecified atom stereocenters. The molecule has 1 aromatic carbocycles. The highest BCUT2D eigenvalue weighted by molar-refractivity contribution is 5.50. The summed E-state index contributed by atoms with van der Waals surface area (Å²) in [6.07, 6.45) is 0. The van der Waals surface area contributed by atoms with E-state index in [-0.39, 0.29) is 10.8 Å². The molecule has 1 N–H and O–H groups in total. The first-order valence-electron chi connectivity index (χ1n) is 5.97. The predicted octanol–water partition coefficient (Wildman–Crippen LogP) is 3.52. The van der Waals surface area contributed by atoms with Gasteiger partial charge in [-0.25, -0.2) is 0 Å². The summed E-state index contributed by atoms with van der Waals surface area (Å²) < 4.78 is 0. The van der Waals surface area contributed by atoms with Gasteiger partial charge in [-0.2, -0.15) is 0 Å². The molecule has 1 aliphatic rings. The summed E-state index contributed by atoms with van der Waals surface area (Å²) in [6.45, 7) is 12.9. The van der Waals surface area contributed by atoms with Crippen molar-refractivity contribution in [2.24, 2.45) is 5.41 Å². The lowest BCUT2D eigenvalue weighted by Gasteiger charge is -2.43. The second-order valence-corrected chi connectivity index (χ2v) is 6.32. The van der Waals surface area contributed by atoms with Crippen molar-refractivity contribution < 1.29 is 5.11 Å². The Morgan fingerprint density at radius 3 is 2.06 bits per heavy atom. The van der Waals surface area contributed by atoms with Crippen LogP contribution < -0.4 is 0 Å². The lowest BCUT2D eigenvalue weighted by Crippen LogP contribution is -2.44. The monoisotopic (exact) mass is 218 g/mol. The normalized spacial score (nSPS) is 30.2. The molecule has 88 valence electrons. The second-order valence-electron chi connectivity index (χ2n) is 6.32. The van der Waals surface area contributed by atoms with E-state index >= 15 is 0 Å². The summed E-state index contributed by atoms with van der Waals surface area (Å²) in [5.41, 5.74) is 2.80. The first kappa shape index (κ1) is 11.7. The standard InChI is InChI=1S/C15H22O/c1-10-8-7-9-11-12(10)13(2,3)14(4,5)15(11,6)16/h7-9,16H,1-6H3/t15-/m1/s1. The van der Waals surface area contributed by atoms with Gasteiger partial charge >= 0.3 is 0 Å². The molecule has 1 nitrogen and oxygen atoms in total. The Balaban J connectivity index is 2.84. The molecule has 1 aliphatic carbocycles. The van der Waals surface area contributed by atoms with Gasteiger partial charge in [0.25, 0.3) is 0 Å². The average molecular weight is 218 g/mol. The van der Waals surface area contributed by atoms with Crippen LogP contribution in [0, 0.1) is 12.3 Å². The summed E-state index contributed by atoms with van der Waals surface area (Å²) >= 11 is 0. The molecule has 0 fully saturated rings. The summed E-state index contributed by atoms with van der Waals surface area (Å²) in [6, 6.07) is 6.25. The van der Waals surface area contributed by atoms with Gasteiger partial charge in [0.1, 0.15) is 0 Å². The molecule has 1 heteroatoms. The number of aliphatic hydroxyl groups is 1. The van der Waals surface area contributed by atoms with Crippen LogP contribution in [0.4, 0.5) is 0 Å². The zero-order valence-electron chi connectivity index (χ0n) is 11.2. The van der Waals surface area contributed by atoms with Crippen LogP contribution in [0.25, 0.3) is 0 Å². The number of hydrogen-bond acceptors (Lipinski definition) is 1. The highest BCUT2D eigenvalue weighted by atomic mass is 16.3. The SMILES string of the molecule is Cc1cccc2c1C(C)(C)C(C)(C)[C@]2(C)O. The number of fused-ring (bicyclic) bond motifs is 1. The van der Waals surface area contributed by atoms with Gasteiger partial charge in [0, 0.05) is 5.41 Å². The first-order valence-corrected chi connectivity index (χ1v) is 5.97. The van der Waals surface area contributed by atoms with Crippen LogP contribution in [0.3, 0.4) is 0 Å². The minimum absolute atomic E-state index is 0.00280. The van der Waals surface area contributed by atoms with E-state index in [1.165, 1.54) is 11.1 Å². The fraction of sp³-hybridized carbons (Fsp3) is 0.600. The van der Waals surface area contributed by atoms with Gasteiger partial charge in [0.2, 0.25) is 0 Å². The minimum atomic E-state index is -0.752. The molecule has 1 aromatic rings. The van der Waals surface area contributed by atoms with Crippen molar-refractivity contribution in [1.82, 2.24) is 0 Å². The number of hydrogen-bond donors (Lipinski definition) is 1. The van der Waals surface area contributed by atoms with Crippen molar-refractivity contribution in [3.05, 3.63) is 34.9 Å². The molecule has 16 heavy (non-hydrogen) atoms. The molecule has 0 radical (unpaired) electrons. The van der Waals surface area contributed by atoms with Gasteiger partial charge in [-0.1, -0.05) is 45.9 Å². The molecule has 0 saturated carbocycles. The van der Waals surface area contributed by atoms with Crippen LogP contribution in [-0.4, -0.2) is 5.11 Å². The fourth-order valence-corrected chi connectivity index (χ4v) is 3.16. The van der Waals surface area contributed by atoms with Gasteiger partial charge in [-0.15, -0.1) is 0 Å². The Hall–Kier alpha value is -0.820. The van der Waals surface area contributed by atoms with Crippen molar-refractivity contribution in [1.29, 1.82) is 0 Å². The van der Waals surface area contributed by atoms with Crippen molar-refractivity contribution in [3.8, 4) is 0 Å². The van der Waals surface area contributed by atoms with E-state index in [4.69, 9.17) is 0 Å². The van der Waals surface area contributed by atoms with E-state index in [1.54, 1.807) is 0 Å². The minimum Gasteiger partial charge on any atom is -0.385 e. The molecule has 0 amide bonds. The predicted molar refractivity (Wildman–Crippen MR) is 67.6 cm³/mol. The van der Waals surface area contributed by atoms with Crippen molar-refractivity contribution in [3.63, 3.8) is 0 Å². The Morgan fingerprint density at radius 2 is 1.56 bits per heavy atom. The Kier molecular flexibility index (Phi) is 2.11. The summed E-state index contributed by atoms with van der Waals surface area (Å²) in [5, 5.41) is 10.8. The molecule has 1 atom stereocenters. The van der Waals surface area contributed by atoms with E-state index in [9.17, 15) is 5.11 Å². The van der Waals surface area contributed by atoms with Gasteiger partial charge in [0.15, 0.2) is 0 Å². The fourth-order valence-electron chi connectivity index (χ4n) is 3.16. The van der Waals surface area contributed by atoms with Gasteiger partial charge in [0.05, 0.1) is 5.60 Å². The van der Waals surface area contributed by atoms with Crippen molar-refractivity contribution >= 4 is 0 Å². The van der Waals surface area contributed by atoms with Crippen molar-refractivity contribution in [2.75, 3.05) is 0 Å². The molecular formula is C15H22O. The third-order valence-electron chi connectivity index (χ3n) is 5.20. The molecule has 0 heterocycles. The Bertz CT molecular complexity index is 439. The number of rotatable bonds is 0. The van der Waals surface area contributed by atoms with Crippen LogP contribution in [0.1, 0.15) is 51.3 Å². The lowest BCUT2D eigenvalue weighted by atomic mass is 9.63. The number of aryl methyl sites for hydroxylation is 1. The molecular weight excluding hydrogens is 196 g/mol. The van der Waals surface area contributed by atoms with Crippen LogP contribution in [0.2, 0.25) is 0 Å². The van der Waals surface area contributed by atoms with E-state index in [0.29, 0.717) is 0 Å². The second kappa shape index (κ2) is 2.89. The van der Waals surface area contributed by atoms with Gasteiger partial charge in [-0.3, -0.25) is 0 Å².